The number of hydrogen-bond acceptors (Lipinski definition) is 3. The Labute approximate surface area is 134 Å². The van der Waals surface area contributed by atoms with Crippen molar-refractivity contribution < 1.29 is 4.74 Å². The Hall–Kier alpha value is -0.590. The molecular formula is C14H24BrN3OS. The molecule has 1 aromatic heterocycles. The highest BCUT2D eigenvalue weighted by Gasteiger charge is 2.24. The van der Waals surface area contributed by atoms with Gasteiger partial charge in [-0.15, -0.1) is 11.3 Å². The third-order valence-electron chi connectivity index (χ3n) is 2.98. The number of rotatable bonds is 5. The van der Waals surface area contributed by atoms with Crippen molar-refractivity contribution >= 4 is 33.2 Å². The summed E-state index contributed by atoms with van der Waals surface area (Å²) in [5, 5.41) is 8.69. The second-order valence-corrected chi connectivity index (χ2v) is 7.54. The normalized spacial score (nSPS) is 14.2. The van der Waals surface area contributed by atoms with E-state index in [-0.39, 0.29) is 11.5 Å². The predicted molar refractivity (Wildman–Crippen MR) is 90.5 cm³/mol. The zero-order chi connectivity index (χ0) is 15.2. The summed E-state index contributed by atoms with van der Waals surface area (Å²) in [6.07, 6.45) is 0.136. The molecule has 114 valence electrons. The SMILES string of the molecule is CN=C(NCc1cc(Br)cs1)NCC(OC)C(C)(C)C. The Balaban J connectivity index is 2.44. The third-order valence-corrected chi connectivity index (χ3v) is 4.68. The van der Waals surface area contributed by atoms with Gasteiger partial charge in [0.1, 0.15) is 0 Å². The smallest absolute Gasteiger partial charge is 0.191 e. The van der Waals surface area contributed by atoms with Crippen molar-refractivity contribution in [2.24, 2.45) is 10.4 Å². The molecule has 0 bridgehead atoms. The monoisotopic (exact) mass is 361 g/mol. The molecule has 1 aromatic rings. The highest BCUT2D eigenvalue weighted by atomic mass is 79.9. The van der Waals surface area contributed by atoms with Gasteiger partial charge in [-0.25, -0.2) is 0 Å². The van der Waals surface area contributed by atoms with Gasteiger partial charge in [0.2, 0.25) is 0 Å². The number of thiophene rings is 1. The van der Waals surface area contributed by atoms with Gasteiger partial charge >= 0.3 is 0 Å². The molecule has 0 aliphatic heterocycles. The molecule has 6 heteroatoms. The van der Waals surface area contributed by atoms with E-state index in [4.69, 9.17) is 4.74 Å². The molecule has 1 rings (SSSR count). The van der Waals surface area contributed by atoms with Gasteiger partial charge in [0.15, 0.2) is 5.96 Å². The average Bonchev–Trinajstić information content (AvgIpc) is 2.78. The highest BCUT2D eigenvalue weighted by molar-refractivity contribution is 9.10. The summed E-state index contributed by atoms with van der Waals surface area (Å²) in [6.45, 7) is 8.00. The maximum absolute atomic E-state index is 5.53. The summed E-state index contributed by atoms with van der Waals surface area (Å²) in [5.74, 6) is 0.792. The van der Waals surface area contributed by atoms with Gasteiger partial charge in [0.25, 0.3) is 0 Å². The van der Waals surface area contributed by atoms with Crippen LogP contribution in [0.4, 0.5) is 0 Å². The fraction of sp³-hybridized carbons (Fsp3) is 0.643. The first-order valence-electron chi connectivity index (χ1n) is 6.57. The number of methoxy groups -OCH3 is 1. The van der Waals surface area contributed by atoms with Crippen molar-refractivity contribution in [3.8, 4) is 0 Å². The molecule has 0 aromatic carbocycles. The van der Waals surface area contributed by atoms with Gasteiger partial charge in [-0.1, -0.05) is 20.8 Å². The summed E-state index contributed by atoms with van der Waals surface area (Å²) < 4.78 is 6.65. The number of hydrogen-bond donors (Lipinski definition) is 2. The highest BCUT2D eigenvalue weighted by Crippen LogP contribution is 2.21. The lowest BCUT2D eigenvalue weighted by Crippen LogP contribution is -2.45. The van der Waals surface area contributed by atoms with Crippen LogP contribution in [0.2, 0.25) is 0 Å². The van der Waals surface area contributed by atoms with Crippen LogP contribution in [0.1, 0.15) is 25.6 Å². The van der Waals surface area contributed by atoms with E-state index in [0.29, 0.717) is 0 Å². The first kappa shape index (κ1) is 17.5. The molecule has 0 spiro atoms. The second-order valence-electron chi connectivity index (χ2n) is 5.63. The number of ether oxygens (including phenoxy) is 1. The molecule has 20 heavy (non-hydrogen) atoms. The maximum atomic E-state index is 5.53. The van der Waals surface area contributed by atoms with Crippen LogP contribution < -0.4 is 10.6 Å². The molecule has 0 saturated carbocycles. The quantitative estimate of drug-likeness (QED) is 0.625. The molecular weight excluding hydrogens is 338 g/mol. The number of aliphatic imine (C=N–C) groups is 1. The van der Waals surface area contributed by atoms with Gasteiger partial charge in [0, 0.05) is 35.4 Å². The van der Waals surface area contributed by atoms with Gasteiger partial charge in [0.05, 0.1) is 12.6 Å². The molecule has 0 aliphatic rings. The van der Waals surface area contributed by atoms with Crippen LogP contribution in [-0.4, -0.2) is 32.8 Å². The minimum absolute atomic E-state index is 0.0964. The molecule has 1 unspecified atom stereocenters. The molecule has 0 fully saturated rings. The first-order valence-corrected chi connectivity index (χ1v) is 8.24. The lowest BCUT2D eigenvalue weighted by molar-refractivity contribution is 0.0205. The first-order chi connectivity index (χ1) is 9.36. The van der Waals surface area contributed by atoms with Crippen molar-refractivity contribution in [2.75, 3.05) is 20.7 Å². The van der Waals surface area contributed by atoms with Crippen molar-refractivity contribution in [1.29, 1.82) is 0 Å². The summed E-state index contributed by atoms with van der Waals surface area (Å²) in [5.41, 5.74) is 0.0964. The van der Waals surface area contributed by atoms with E-state index >= 15 is 0 Å². The minimum Gasteiger partial charge on any atom is -0.379 e. The Kier molecular flexibility index (Phi) is 6.99. The van der Waals surface area contributed by atoms with Crippen LogP contribution in [0, 0.1) is 5.41 Å². The topological polar surface area (TPSA) is 45.7 Å². The largest absolute Gasteiger partial charge is 0.379 e. The van der Waals surface area contributed by atoms with Gasteiger partial charge in [-0.3, -0.25) is 4.99 Å². The van der Waals surface area contributed by atoms with E-state index in [9.17, 15) is 0 Å². The lowest BCUT2D eigenvalue weighted by Gasteiger charge is -2.30. The standard InChI is InChI=1S/C14H24BrN3OS/c1-14(2,3)12(19-5)8-18-13(16-4)17-7-11-6-10(15)9-20-11/h6,9,12H,7-8H2,1-5H3,(H2,16,17,18). The van der Waals surface area contributed by atoms with E-state index in [1.54, 1.807) is 25.5 Å². The summed E-state index contributed by atoms with van der Waals surface area (Å²) in [7, 11) is 3.52. The van der Waals surface area contributed by atoms with E-state index in [1.807, 2.05) is 0 Å². The fourth-order valence-electron chi connectivity index (χ4n) is 1.77. The van der Waals surface area contributed by atoms with Crippen molar-refractivity contribution in [1.82, 2.24) is 10.6 Å². The van der Waals surface area contributed by atoms with E-state index < -0.39 is 0 Å². The zero-order valence-electron chi connectivity index (χ0n) is 12.8. The number of guanidine groups is 1. The molecule has 0 radical (unpaired) electrons. The molecule has 2 N–H and O–H groups in total. The number of halogens is 1. The minimum atomic E-state index is 0.0964. The predicted octanol–water partition coefficient (Wildman–Crippen LogP) is 3.24. The molecule has 1 atom stereocenters. The Morgan fingerprint density at radius 3 is 2.60 bits per heavy atom. The fourth-order valence-corrected chi connectivity index (χ4v) is 3.16. The molecule has 0 aliphatic carbocycles. The Morgan fingerprint density at radius 2 is 2.15 bits per heavy atom. The summed E-state index contributed by atoms with van der Waals surface area (Å²) >= 11 is 5.18. The van der Waals surface area contributed by atoms with E-state index in [2.05, 4.69) is 63.8 Å². The molecule has 4 nitrogen and oxygen atoms in total. The second kappa shape index (κ2) is 8.00. The van der Waals surface area contributed by atoms with Crippen LogP contribution >= 0.6 is 27.3 Å². The van der Waals surface area contributed by atoms with Crippen molar-refractivity contribution in [3.63, 3.8) is 0 Å². The Morgan fingerprint density at radius 1 is 1.45 bits per heavy atom. The Bertz CT molecular complexity index is 440. The van der Waals surface area contributed by atoms with Crippen LogP contribution in [0.25, 0.3) is 0 Å². The van der Waals surface area contributed by atoms with Crippen molar-refractivity contribution in [3.05, 3.63) is 20.8 Å². The molecule has 0 amide bonds. The van der Waals surface area contributed by atoms with E-state index in [1.165, 1.54) is 4.88 Å². The van der Waals surface area contributed by atoms with Gasteiger partial charge in [-0.05, 0) is 27.4 Å². The maximum Gasteiger partial charge on any atom is 0.191 e. The number of nitrogens with one attached hydrogen (secondary N) is 2. The molecule has 0 saturated heterocycles. The van der Waals surface area contributed by atoms with Crippen LogP contribution in [0.5, 0.6) is 0 Å². The summed E-state index contributed by atoms with van der Waals surface area (Å²) in [4.78, 5) is 5.49. The number of nitrogens with zero attached hydrogens (tertiary/aromatic N) is 1. The van der Waals surface area contributed by atoms with Crippen molar-refractivity contribution in [2.45, 2.75) is 33.4 Å². The summed E-state index contributed by atoms with van der Waals surface area (Å²) in [6, 6.07) is 2.11. The van der Waals surface area contributed by atoms with Gasteiger partial charge < -0.3 is 15.4 Å². The van der Waals surface area contributed by atoms with Crippen LogP contribution in [0.3, 0.4) is 0 Å². The van der Waals surface area contributed by atoms with Gasteiger partial charge in [-0.2, -0.15) is 0 Å². The van der Waals surface area contributed by atoms with E-state index in [0.717, 1.165) is 23.5 Å². The van der Waals surface area contributed by atoms with Crippen LogP contribution in [-0.2, 0) is 11.3 Å². The average molecular weight is 362 g/mol. The lowest BCUT2D eigenvalue weighted by atomic mass is 9.89. The zero-order valence-corrected chi connectivity index (χ0v) is 15.2. The molecule has 1 heterocycles. The third kappa shape index (κ3) is 5.81. The van der Waals surface area contributed by atoms with Crippen LogP contribution in [0.15, 0.2) is 20.9 Å².